The van der Waals surface area contributed by atoms with Crippen LogP contribution in [0.25, 0.3) is 66.1 Å². The van der Waals surface area contributed by atoms with Gasteiger partial charge in [-0.15, -0.1) is 0 Å². The second-order valence-electron chi connectivity index (χ2n) is 15.9. The lowest BCUT2D eigenvalue weighted by atomic mass is 9.68. The zero-order valence-corrected chi connectivity index (χ0v) is 33.4. The molecule has 2 nitrogen and oxygen atoms in total. The molecule has 0 amide bonds. The number of para-hydroxylation sites is 2. The summed E-state index contributed by atoms with van der Waals surface area (Å²) >= 11 is 0. The van der Waals surface area contributed by atoms with Crippen LogP contribution in [-0.2, 0) is 5.41 Å². The fourth-order valence-electron chi connectivity index (χ4n) is 10.3. The second-order valence-corrected chi connectivity index (χ2v) is 15.9. The molecule has 10 aromatic carbocycles. The van der Waals surface area contributed by atoms with Crippen molar-refractivity contribution in [3.05, 3.63) is 259 Å². The molecule has 0 fully saturated rings. The number of hydrogen-bond acceptors (Lipinski definition) is 2. The Balaban J connectivity index is 1.18. The van der Waals surface area contributed by atoms with Gasteiger partial charge < -0.3 is 9.32 Å². The van der Waals surface area contributed by atoms with Gasteiger partial charge in [-0.2, -0.15) is 0 Å². The minimum absolute atomic E-state index is 0.540. The number of nitrogens with zero attached hydrogens (tertiary/aromatic N) is 1. The van der Waals surface area contributed by atoms with Gasteiger partial charge in [0.2, 0.25) is 0 Å². The first-order chi connectivity index (χ1) is 30.3. The maximum Gasteiger partial charge on any atom is 0.136 e. The van der Waals surface area contributed by atoms with Gasteiger partial charge in [0.15, 0.2) is 0 Å². The van der Waals surface area contributed by atoms with E-state index in [9.17, 15) is 0 Å². The van der Waals surface area contributed by atoms with Crippen molar-refractivity contribution in [1.29, 1.82) is 0 Å². The summed E-state index contributed by atoms with van der Waals surface area (Å²) in [6.07, 6.45) is 0. The van der Waals surface area contributed by atoms with Gasteiger partial charge >= 0.3 is 0 Å². The van der Waals surface area contributed by atoms with Gasteiger partial charge in [0, 0.05) is 27.6 Å². The summed E-state index contributed by atoms with van der Waals surface area (Å²) in [5.74, 6) is 0. The standard InChI is InChI=1S/C59H39NO/c1-3-22-42(23-4-1)59(43-24-5-2-6-25-43)51-33-12-9-29-49(51)58-52(59)34-18-36-54(58)60(44-26-15-21-41(39-44)46-31-16-20-40-19-7-8-27-45(40)46)53-35-13-10-28-47(53)48-32-17-38-56-57(48)50-30-11-14-37-55(50)61-56/h1-39H. The summed E-state index contributed by atoms with van der Waals surface area (Å²) in [7, 11) is 0. The topological polar surface area (TPSA) is 16.4 Å². The SMILES string of the molecule is c1ccc(C2(c3ccccc3)c3ccccc3-c3c(N(c4cccc(-c5cccc6ccccc56)c4)c4ccccc4-c4cccc5oc6ccccc6c45)cccc32)cc1. The lowest BCUT2D eigenvalue weighted by molar-refractivity contribution is 0.669. The summed E-state index contributed by atoms with van der Waals surface area (Å²) < 4.78 is 6.48. The largest absolute Gasteiger partial charge is 0.456 e. The number of hydrogen-bond donors (Lipinski definition) is 0. The number of anilines is 3. The van der Waals surface area contributed by atoms with Crippen LogP contribution >= 0.6 is 0 Å². The minimum atomic E-state index is -0.540. The van der Waals surface area contributed by atoms with Gasteiger partial charge in [-0.05, 0) is 91.7 Å². The maximum absolute atomic E-state index is 6.48. The highest BCUT2D eigenvalue weighted by molar-refractivity contribution is 6.14. The van der Waals surface area contributed by atoms with Crippen LogP contribution in [0.15, 0.2) is 241 Å². The third-order valence-corrected chi connectivity index (χ3v) is 12.7. The van der Waals surface area contributed by atoms with Gasteiger partial charge in [-0.1, -0.05) is 200 Å². The Morgan fingerprint density at radius 1 is 0.361 bits per heavy atom. The number of benzene rings is 10. The fourth-order valence-corrected chi connectivity index (χ4v) is 10.3. The third kappa shape index (κ3) is 5.36. The zero-order valence-electron chi connectivity index (χ0n) is 33.4. The fraction of sp³-hybridized carbons (Fsp3) is 0.0169. The lowest BCUT2D eigenvalue weighted by Gasteiger charge is -2.34. The summed E-state index contributed by atoms with van der Waals surface area (Å²) in [4.78, 5) is 2.51. The van der Waals surface area contributed by atoms with Crippen LogP contribution < -0.4 is 4.90 Å². The third-order valence-electron chi connectivity index (χ3n) is 12.7. The van der Waals surface area contributed by atoms with Crippen molar-refractivity contribution in [3.63, 3.8) is 0 Å². The first-order valence-corrected chi connectivity index (χ1v) is 21.0. The van der Waals surface area contributed by atoms with E-state index in [1.807, 2.05) is 6.07 Å². The van der Waals surface area contributed by atoms with Gasteiger partial charge in [0.25, 0.3) is 0 Å². The first kappa shape index (κ1) is 35.0. The number of fused-ring (bicyclic) bond motifs is 7. The van der Waals surface area contributed by atoms with Crippen molar-refractivity contribution in [2.75, 3.05) is 4.90 Å². The molecule has 286 valence electrons. The van der Waals surface area contributed by atoms with Crippen molar-refractivity contribution >= 4 is 49.8 Å². The molecule has 1 aliphatic rings. The highest BCUT2D eigenvalue weighted by Crippen LogP contribution is 2.60. The van der Waals surface area contributed by atoms with Gasteiger partial charge in [0.1, 0.15) is 11.2 Å². The van der Waals surface area contributed by atoms with Gasteiger partial charge in [-0.3, -0.25) is 0 Å². The Morgan fingerprint density at radius 2 is 0.918 bits per heavy atom. The molecule has 0 radical (unpaired) electrons. The summed E-state index contributed by atoms with van der Waals surface area (Å²) in [5, 5.41) is 4.68. The second kappa shape index (κ2) is 14.1. The molecule has 12 rings (SSSR count). The number of furan rings is 1. The molecule has 2 heteroatoms. The van der Waals surface area contributed by atoms with Crippen molar-refractivity contribution < 1.29 is 4.42 Å². The number of rotatable bonds is 7. The van der Waals surface area contributed by atoms with E-state index >= 15 is 0 Å². The molecule has 0 N–H and O–H groups in total. The van der Waals surface area contributed by atoms with E-state index < -0.39 is 5.41 Å². The molecule has 61 heavy (non-hydrogen) atoms. The van der Waals surface area contributed by atoms with Crippen molar-refractivity contribution in [2.24, 2.45) is 0 Å². The Morgan fingerprint density at radius 3 is 1.75 bits per heavy atom. The van der Waals surface area contributed by atoms with Crippen LogP contribution in [0.5, 0.6) is 0 Å². The highest BCUT2D eigenvalue weighted by atomic mass is 16.3. The highest BCUT2D eigenvalue weighted by Gasteiger charge is 2.47. The van der Waals surface area contributed by atoms with E-state index in [1.54, 1.807) is 0 Å². The van der Waals surface area contributed by atoms with E-state index in [-0.39, 0.29) is 0 Å². The van der Waals surface area contributed by atoms with Crippen LogP contribution in [0.1, 0.15) is 22.3 Å². The van der Waals surface area contributed by atoms with Crippen molar-refractivity contribution in [2.45, 2.75) is 5.41 Å². The molecule has 1 aromatic heterocycles. The summed E-state index contributed by atoms with van der Waals surface area (Å²) in [6.45, 7) is 0. The molecule has 0 atom stereocenters. The van der Waals surface area contributed by atoms with E-state index in [2.05, 4.69) is 235 Å². The van der Waals surface area contributed by atoms with Crippen LogP contribution in [0, 0.1) is 0 Å². The predicted octanol–water partition coefficient (Wildman–Crippen LogP) is 15.9. The van der Waals surface area contributed by atoms with Crippen LogP contribution in [-0.4, -0.2) is 0 Å². The van der Waals surface area contributed by atoms with Crippen LogP contribution in [0.2, 0.25) is 0 Å². The van der Waals surface area contributed by atoms with Crippen molar-refractivity contribution in [1.82, 2.24) is 0 Å². The minimum Gasteiger partial charge on any atom is -0.456 e. The zero-order chi connectivity index (χ0) is 40.3. The van der Waals surface area contributed by atoms with E-state index in [4.69, 9.17) is 4.42 Å². The molecule has 0 saturated heterocycles. The smallest absolute Gasteiger partial charge is 0.136 e. The quantitative estimate of drug-likeness (QED) is 0.160. The molecule has 1 aliphatic carbocycles. The maximum atomic E-state index is 6.48. The average Bonchev–Trinajstić information content (AvgIpc) is 3.87. The van der Waals surface area contributed by atoms with Gasteiger partial charge in [0.05, 0.1) is 16.8 Å². The Hall–Kier alpha value is -7.94. The molecule has 0 saturated carbocycles. The van der Waals surface area contributed by atoms with Crippen LogP contribution in [0.4, 0.5) is 17.1 Å². The molecule has 0 spiro atoms. The molecule has 1 heterocycles. The monoisotopic (exact) mass is 777 g/mol. The first-order valence-electron chi connectivity index (χ1n) is 21.0. The lowest BCUT2D eigenvalue weighted by Crippen LogP contribution is -2.28. The Kier molecular flexibility index (Phi) is 8.11. The summed E-state index contributed by atoms with van der Waals surface area (Å²) in [5.41, 5.74) is 16.6. The average molecular weight is 778 g/mol. The Bertz CT molecular complexity index is 3390. The molecule has 11 aromatic rings. The van der Waals surface area contributed by atoms with E-state index in [1.165, 1.54) is 49.7 Å². The molecule has 0 bridgehead atoms. The van der Waals surface area contributed by atoms with Gasteiger partial charge in [-0.25, -0.2) is 0 Å². The van der Waals surface area contributed by atoms with E-state index in [0.29, 0.717) is 0 Å². The normalized spacial score (nSPS) is 12.7. The predicted molar refractivity (Wildman–Crippen MR) is 254 cm³/mol. The van der Waals surface area contributed by atoms with Crippen molar-refractivity contribution in [3.8, 4) is 33.4 Å². The molecule has 0 aliphatic heterocycles. The molecular weight excluding hydrogens is 739 g/mol. The summed E-state index contributed by atoms with van der Waals surface area (Å²) in [6, 6.07) is 86.1. The molecular formula is C59H39NO. The Labute approximate surface area is 355 Å². The van der Waals surface area contributed by atoms with Crippen LogP contribution in [0.3, 0.4) is 0 Å². The van der Waals surface area contributed by atoms with E-state index in [0.717, 1.165) is 55.7 Å². The molecule has 0 unspecified atom stereocenters.